The lowest BCUT2D eigenvalue weighted by Crippen LogP contribution is -2.41. The van der Waals surface area contributed by atoms with E-state index in [-0.39, 0.29) is 17.0 Å². The van der Waals surface area contributed by atoms with Crippen molar-refractivity contribution >= 4 is 28.4 Å². The Bertz CT molecular complexity index is 1480. The molecule has 0 aliphatic carbocycles. The van der Waals surface area contributed by atoms with Crippen LogP contribution in [0.4, 0.5) is 4.39 Å². The van der Waals surface area contributed by atoms with Crippen molar-refractivity contribution in [3.8, 4) is 5.69 Å². The van der Waals surface area contributed by atoms with Gasteiger partial charge in [-0.3, -0.25) is 14.2 Å². The Hall–Kier alpha value is -3.51. The van der Waals surface area contributed by atoms with E-state index in [9.17, 15) is 14.0 Å². The Morgan fingerprint density at radius 1 is 1.08 bits per heavy atom. The van der Waals surface area contributed by atoms with Crippen molar-refractivity contribution < 1.29 is 9.18 Å². The average Bonchev–Trinajstić information content (AvgIpc) is 2.84. The molecule has 0 saturated heterocycles. The minimum atomic E-state index is -0.580. The van der Waals surface area contributed by atoms with Gasteiger partial charge in [-0.2, -0.15) is 0 Å². The maximum Gasteiger partial charge on any atom is 0.266 e. The number of hydrogen-bond donors (Lipinski definition) is 0. The van der Waals surface area contributed by atoms with Crippen molar-refractivity contribution in [2.75, 3.05) is 6.54 Å². The zero-order chi connectivity index (χ0) is 26.0. The van der Waals surface area contributed by atoms with E-state index >= 15 is 0 Å². The van der Waals surface area contributed by atoms with Crippen LogP contribution >= 0.6 is 11.6 Å². The van der Waals surface area contributed by atoms with Crippen LogP contribution in [0, 0.1) is 18.7 Å². The summed E-state index contributed by atoms with van der Waals surface area (Å²) in [6.07, 6.45) is 0.477. The summed E-state index contributed by atoms with van der Waals surface area (Å²) in [4.78, 5) is 34.2. The van der Waals surface area contributed by atoms with E-state index in [1.807, 2.05) is 33.8 Å². The van der Waals surface area contributed by atoms with Gasteiger partial charge in [0.05, 0.1) is 28.2 Å². The number of amides is 1. The van der Waals surface area contributed by atoms with E-state index in [2.05, 4.69) is 0 Å². The summed E-state index contributed by atoms with van der Waals surface area (Å²) in [7, 11) is 0. The van der Waals surface area contributed by atoms with Crippen LogP contribution in [0.25, 0.3) is 16.6 Å². The lowest BCUT2D eigenvalue weighted by molar-refractivity contribution is 0.0626. The molecular weight excluding hydrogens is 477 g/mol. The molecule has 5 nitrogen and oxygen atoms in total. The molecule has 1 unspecified atom stereocenters. The summed E-state index contributed by atoms with van der Waals surface area (Å²) in [5.41, 5.74) is 1.74. The number of fused-ring (bicyclic) bond motifs is 1. The second-order valence-electron chi connectivity index (χ2n) is 9.31. The first-order valence-corrected chi connectivity index (χ1v) is 12.4. The highest BCUT2D eigenvalue weighted by Gasteiger charge is 2.31. The fourth-order valence-corrected chi connectivity index (χ4v) is 4.78. The van der Waals surface area contributed by atoms with Gasteiger partial charge in [-0.05, 0) is 67.3 Å². The van der Waals surface area contributed by atoms with Gasteiger partial charge in [-0.1, -0.05) is 56.6 Å². The highest BCUT2D eigenvalue weighted by atomic mass is 35.5. The van der Waals surface area contributed by atoms with E-state index < -0.39 is 17.8 Å². The third-order valence-electron chi connectivity index (χ3n) is 6.19. The Morgan fingerprint density at radius 2 is 1.78 bits per heavy atom. The van der Waals surface area contributed by atoms with Crippen LogP contribution in [0.3, 0.4) is 0 Å². The van der Waals surface area contributed by atoms with Gasteiger partial charge in [0.2, 0.25) is 0 Å². The van der Waals surface area contributed by atoms with E-state index in [0.717, 1.165) is 5.56 Å². The number of halogens is 2. The van der Waals surface area contributed by atoms with Crippen molar-refractivity contribution in [2.45, 2.75) is 40.2 Å². The molecule has 0 aliphatic rings. The smallest absolute Gasteiger partial charge is 0.266 e. The fraction of sp³-hybridized carbons (Fsp3) is 0.276. The molecule has 0 N–H and O–H groups in total. The normalized spacial score (nSPS) is 12.2. The lowest BCUT2D eigenvalue weighted by Gasteiger charge is -2.34. The molecule has 1 atom stereocenters. The van der Waals surface area contributed by atoms with Gasteiger partial charge >= 0.3 is 0 Å². The average molecular weight is 506 g/mol. The third-order valence-corrected chi connectivity index (χ3v) is 6.42. The summed E-state index contributed by atoms with van der Waals surface area (Å²) in [6.45, 7) is 8.18. The van der Waals surface area contributed by atoms with Gasteiger partial charge < -0.3 is 4.90 Å². The van der Waals surface area contributed by atoms with Gasteiger partial charge in [0.15, 0.2) is 0 Å². The molecule has 0 spiro atoms. The van der Waals surface area contributed by atoms with Crippen LogP contribution in [-0.4, -0.2) is 26.9 Å². The Balaban J connectivity index is 2.00. The summed E-state index contributed by atoms with van der Waals surface area (Å²) in [6, 6.07) is 17.9. The van der Waals surface area contributed by atoms with Gasteiger partial charge in [0.25, 0.3) is 11.5 Å². The SMILES string of the molecule is CCC(c1nc2ccccc2c(=O)n1-c1ccc(Cl)cc1C)N(CC(C)C)C(=O)c1ccccc1F. The Kier molecular flexibility index (Phi) is 7.55. The van der Waals surface area contributed by atoms with Crippen LogP contribution in [-0.2, 0) is 0 Å². The zero-order valence-corrected chi connectivity index (χ0v) is 21.6. The molecule has 1 heterocycles. The molecule has 0 bridgehead atoms. The first-order chi connectivity index (χ1) is 17.2. The molecule has 36 heavy (non-hydrogen) atoms. The second kappa shape index (κ2) is 10.6. The molecule has 4 aromatic rings. The molecule has 0 fully saturated rings. The molecule has 1 amide bonds. The summed E-state index contributed by atoms with van der Waals surface area (Å²) in [5, 5.41) is 1.03. The van der Waals surface area contributed by atoms with E-state index in [1.165, 1.54) is 12.1 Å². The number of benzene rings is 3. The topological polar surface area (TPSA) is 55.2 Å². The number of hydrogen-bond acceptors (Lipinski definition) is 3. The van der Waals surface area contributed by atoms with Crippen molar-refractivity contribution in [1.29, 1.82) is 0 Å². The third kappa shape index (κ3) is 4.91. The maximum absolute atomic E-state index is 14.7. The van der Waals surface area contributed by atoms with E-state index in [1.54, 1.807) is 58.0 Å². The molecule has 4 rings (SSSR count). The maximum atomic E-state index is 14.7. The van der Waals surface area contributed by atoms with Crippen LogP contribution in [0.5, 0.6) is 0 Å². The van der Waals surface area contributed by atoms with E-state index in [4.69, 9.17) is 16.6 Å². The molecule has 0 radical (unpaired) electrons. The van der Waals surface area contributed by atoms with Gasteiger partial charge in [-0.15, -0.1) is 0 Å². The summed E-state index contributed by atoms with van der Waals surface area (Å²) >= 11 is 6.21. The molecule has 186 valence electrons. The van der Waals surface area contributed by atoms with Crippen LogP contribution in [0.2, 0.25) is 5.02 Å². The summed E-state index contributed by atoms with van der Waals surface area (Å²) in [5.74, 6) is -0.483. The molecule has 7 heteroatoms. The molecule has 1 aromatic heterocycles. The molecular formula is C29H29ClFN3O2. The molecule has 0 saturated carbocycles. The molecule has 3 aromatic carbocycles. The fourth-order valence-electron chi connectivity index (χ4n) is 4.55. The number of rotatable bonds is 7. The van der Waals surface area contributed by atoms with Gasteiger partial charge in [-0.25, -0.2) is 9.37 Å². The lowest BCUT2D eigenvalue weighted by atomic mass is 10.0. The highest BCUT2D eigenvalue weighted by molar-refractivity contribution is 6.30. The van der Waals surface area contributed by atoms with Gasteiger partial charge in [0, 0.05) is 11.6 Å². The Labute approximate surface area is 215 Å². The monoisotopic (exact) mass is 505 g/mol. The largest absolute Gasteiger partial charge is 0.328 e. The van der Waals surface area contributed by atoms with Crippen LogP contribution in [0.15, 0.2) is 71.5 Å². The number of carbonyl (C=O) groups excluding carboxylic acids is 1. The minimum Gasteiger partial charge on any atom is -0.328 e. The first-order valence-electron chi connectivity index (χ1n) is 12.1. The number of aryl methyl sites for hydroxylation is 1. The first kappa shape index (κ1) is 25.6. The number of para-hydroxylation sites is 1. The standard InChI is InChI=1S/C29H29ClFN3O2/c1-5-25(33(17-18(2)3)28(35)21-10-6-8-12-23(21)31)27-32-24-13-9-7-11-22(24)29(36)34(27)26-15-14-20(30)16-19(26)4/h6-16,18,25H,5,17H2,1-4H3. The number of carbonyl (C=O) groups is 1. The quantitative estimate of drug-likeness (QED) is 0.279. The highest BCUT2D eigenvalue weighted by Crippen LogP contribution is 2.30. The number of aromatic nitrogens is 2. The predicted octanol–water partition coefficient (Wildman–Crippen LogP) is 6.74. The minimum absolute atomic E-state index is 0.00559. The van der Waals surface area contributed by atoms with Gasteiger partial charge in [0.1, 0.15) is 11.6 Å². The number of nitrogens with zero attached hydrogens (tertiary/aromatic N) is 3. The van der Waals surface area contributed by atoms with Crippen molar-refractivity contribution in [3.05, 3.63) is 105 Å². The van der Waals surface area contributed by atoms with Crippen LogP contribution in [0.1, 0.15) is 55.0 Å². The van der Waals surface area contributed by atoms with E-state index in [0.29, 0.717) is 40.4 Å². The Morgan fingerprint density at radius 3 is 2.44 bits per heavy atom. The van der Waals surface area contributed by atoms with Crippen LogP contribution < -0.4 is 5.56 Å². The van der Waals surface area contributed by atoms with Crippen molar-refractivity contribution in [3.63, 3.8) is 0 Å². The predicted molar refractivity (Wildman–Crippen MR) is 142 cm³/mol. The summed E-state index contributed by atoms with van der Waals surface area (Å²) < 4.78 is 16.3. The second-order valence-corrected chi connectivity index (χ2v) is 9.75. The zero-order valence-electron chi connectivity index (χ0n) is 20.8. The van der Waals surface area contributed by atoms with Crippen molar-refractivity contribution in [2.24, 2.45) is 5.92 Å². The van der Waals surface area contributed by atoms with Crippen molar-refractivity contribution in [1.82, 2.24) is 14.5 Å². The molecule has 0 aliphatic heterocycles.